The van der Waals surface area contributed by atoms with Gasteiger partial charge in [-0.25, -0.2) is 0 Å². The van der Waals surface area contributed by atoms with Gasteiger partial charge in [0.05, 0.1) is 12.0 Å². The summed E-state index contributed by atoms with van der Waals surface area (Å²) in [5, 5.41) is 0. The molecule has 0 radical (unpaired) electrons. The van der Waals surface area contributed by atoms with Crippen molar-refractivity contribution in [2.24, 2.45) is 5.41 Å². The average Bonchev–Trinajstić information content (AvgIpc) is 2.83. The molecule has 0 saturated heterocycles. The molecule has 0 spiro atoms. The molecular formula is C32H64O2. The summed E-state index contributed by atoms with van der Waals surface area (Å²) in [6.07, 6.45) is 32.2. The van der Waals surface area contributed by atoms with Gasteiger partial charge < -0.3 is 4.74 Å². The minimum atomic E-state index is -0.269. The van der Waals surface area contributed by atoms with Crippen LogP contribution in [0.2, 0.25) is 0 Å². The van der Waals surface area contributed by atoms with Crippen molar-refractivity contribution >= 4 is 5.97 Å². The van der Waals surface area contributed by atoms with Crippen molar-refractivity contribution in [2.75, 3.05) is 6.61 Å². The summed E-state index contributed by atoms with van der Waals surface area (Å²) < 4.78 is 5.81. The molecule has 0 fully saturated rings. The van der Waals surface area contributed by atoms with Crippen LogP contribution in [0.5, 0.6) is 0 Å². The Morgan fingerprint density at radius 3 is 1.18 bits per heavy atom. The van der Waals surface area contributed by atoms with E-state index >= 15 is 0 Å². The lowest BCUT2D eigenvalue weighted by atomic mass is 9.79. The second-order valence-electron chi connectivity index (χ2n) is 11.3. The van der Waals surface area contributed by atoms with Crippen molar-refractivity contribution in [3.8, 4) is 0 Å². The summed E-state index contributed by atoms with van der Waals surface area (Å²) in [6, 6.07) is 0. The molecule has 0 heterocycles. The highest BCUT2D eigenvalue weighted by Crippen LogP contribution is 2.33. The summed E-state index contributed by atoms with van der Waals surface area (Å²) >= 11 is 0. The Morgan fingerprint density at radius 1 is 0.471 bits per heavy atom. The van der Waals surface area contributed by atoms with Gasteiger partial charge in [0.1, 0.15) is 0 Å². The molecule has 0 aliphatic carbocycles. The second-order valence-corrected chi connectivity index (χ2v) is 11.3. The van der Waals surface area contributed by atoms with Crippen LogP contribution in [0.15, 0.2) is 0 Å². The quantitative estimate of drug-likeness (QED) is 0.0862. The van der Waals surface area contributed by atoms with Gasteiger partial charge in [0.25, 0.3) is 0 Å². The fraction of sp³-hybridized carbons (Fsp3) is 0.969. The first kappa shape index (κ1) is 33.5. The first-order chi connectivity index (χ1) is 16.6. The van der Waals surface area contributed by atoms with Crippen LogP contribution in [0.4, 0.5) is 0 Å². The SMILES string of the molecule is CCCCCCCCCCCCCCOC(=O)C(C)(CCCCC)CCCCCCCCCC. The fourth-order valence-corrected chi connectivity index (χ4v) is 5.03. The van der Waals surface area contributed by atoms with Gasteiger partial charge in [-0.2, -0.15) is 0 Å². The molecule has 0 amide bonds. The number of hydrogen-bond donors (Lipinski definition) is 0. The minimum Gasteiger partial charge on any atom is -0.465 e. The van der Waals surface area contributed by atoms with Gasteiger partial charge >= 0.3 is 5.97 Å². The van der Waals surface area contributed by atoms with Gasteiger partial charge in [-0.3, -0.25) is 4.79 Å². The molecule has 0 aliphatic heterocycles. The predicted octanol–water partition coefficient (Wildman–Crippen LogP) is 11.3. The zero-order valence-electron chi connectivity index (χ0n) is 24.2. The normalized spacial score (nSPS) is 13.2. The third kappa shape index (κ3) is 20.8. The molecule has 2 nitrogen and oxygen atoms in total. The summed E-state index contributed by atoms with van der Waals surface area (Å²) in [5.41, 5.74) is -0.269. The van der Waals surface area contributed by atoms with Crippen molar-refractivity contribution in [1.82, 2.24) is 0 Å². The molecule has 0 saturated carbocycles. The van der Waals surface area contributed by atoms with Crippen LogP contribution in [-0.4, -0.2) is 12.6 Å². The largest absolute Gasteiger partial charge is 0.465 e. The van der Waals surface area contributed by atoms with Crippen LogP contribution in [0.1, 0.15) is 188 Å². The number of hydrogen-bond acceptors (Lipinski definition) is 2. The van der Waals surface area contributed by atoms with Gasteiger partial charge in [-0.15, -0.1) is 0 Å². The number of ether oxygens (including phenoxy) is 1. The Kier molecular flexibility index (Phi) is 25.2. The highest BCUT2D eigenvalue weighted by molar-refractivity contribution is 5.76. The van der Waals surface area contributed by atoms with E-state index in [0.717, 1.165) is 25.7 Å². The Bertz CT molecular complexity index is 419. The van der Waals surface area contributed by atoms with Gasteiger partial charge in [-0.05, 0) is 26.2 Å². The number of rotatable bonds is 27. The third-order valence-electron chi connectivity index (χ3n) is 7.64. The van der Waals surface area contributed by atoms with E-state index in [-0.39, 0.29) is 11.4 Å². The molecule has 0 aliphatic rings. The van der Waals surface area contributed by atoms with Crippen LogP contribution >= 0.6 is 0 Å². The van der Waals surface area contributed by atoms with Crippen LogP contribution in [0, 0.1) is 5.41 Å². The third-order valence-corrected chi connectivity index (χ3v) is 7.64. The monoisotopic (exact) mass is 480 g/mol. The van der Waals surface area contributed by atoms with Gasteiger partial charge in [0.15, 0.2) is 0 Å². The molecule has 0 aromatic carbocycles. The number of unbranched alkanes of at least 4 members (excludes halogenated alkanes) is 20. The van der Waals surface area contributed by atoms with Crippen molar-refractivity contribution < 1.29 is 9.53 Å². The zero-order chi connectivity index (χ0) is 25.2. The molecule has 0 aromatic heterocycles. The van der Waals surface area contributed by atoms with Crippen molar-refractivity contribution in [2.45, 2.75) is 188 Å². The van der Waals surface area contributed by atoms with Gasteiger partial charge in [-0.1, -0.05) is 162 Å². The maximum Gasteiger partial charge on any atom is 0.311 e. The summed E-state index contributed by atoms with van der Waals surface area (Å²) in [5.74, 6) is 0.0784. The molecule has 0 N–H and O–H groups in total. The molecule has 0 bridgehead atoms. The Labute approximate surface area is 215 Å². The molecule has 1 atom stereocenters. The van der Waals surface area contributed by atoms with E-state index in [1.54, 1.807) is 0 Å². The molecule has 0 rings (SSSR count). The minimum absolute atomic E-state index is 0.0784. The van der Waals surface area contributed by atoms with Gasteiger partial charge in [0, 0.05) is 0 Å². The van der Waals surface area contributed by atoms with Crippen molar-refractivity contribution in [1.29, 1.82) is 0 Å². The maximum absolute atomic E-state index is 13.0. The van der Waals surface area contributed by atoms with E-state index < -0.39 is 0 Å². The highest BCUT2D eigenvalue weighted by atomic mass is 16.5. The van der Waals surface area contributed by atoms with E-state index in [4.69, 9.17) is 4.74 Å². The van der Waals surface area contributed by atoms with E-state index in [1.807, 2.05) is 0 Å². The lowest BCUT2D eigenvalue weighted by Gasteiger charge is -2.27. The molecule has 204 valence electrons. The first-order valence-electron chi connectivity index (χ1n) is 15.8. The van der Waals surface area contributed by atoms with Crippen LogP contribution in [0.3, 0.4) is 0 Å². The predicted molar refractivity (Wildman–Crippen MR) is 152 cm³/mol. The summed E-state index contributed by atoms with van der Waals surface area (Å²) in [4.78, 5) is 13.0. The van der Waals surface area contributed by atoms with Crippen LogP contribution in [0.25, 0.3) is 0 Å². The Morgan fingerprint density at radius 2 is 0.765 bits per heavy atom. The highest BCUT2D eigenvalue weighted by Gasteiger charge is 2.33. The fourth-order valence-electron chi connectivity index (χ4n) is 5.03. The Balaban J connectivity index is 3.92. The number of carbonyl (C=O) groups excluding carboxylic acids is 1. The molecule has 0 aromatic rings. The summed E-state index contributed by atoms with van der Waals surface area (Å²) in [7, 11) is 0. The smallest absolute Gasteiger partial charge is 0.311 e. The molecule has 1 unspecified atom stereocenters. The summed E-state index contributed by atoms with van der Waals surface area (Å²) in [6.45, 7) is 9.59. The Hall–Kier alpha value is -0.530. The number of esters is 1. The van der Waals surface area contributed by atoms with E-state index in [0.29, 0.717) is 6.61 Å². The van der Waals surface area contributed by atoms with E-state index in [2.05, 4.69) is 27.7 Å². The zero-order valence-corrected chi connectivity index (χ0v) is 24.2. The van der Waals surface area contributed by atoms with E-state index in [1.165, 1.54) is 135 Å². The van der Waals surface area contributed by atoms with Crippen molar-refractivity contribution in [3.05, 3.63) is 0 Å². The second kappa shape index (κ2) is 25.6. The maximum atomic E-state index is 13.0. The first-order valence-corrected chi connectivity index (χ1v) is 15.8. The molecular weight excluding hydrogens is 416 g/mol. The van der Waals surface area contributed by atoms with Crippen LogP contribution < -0.4 is 0 Å². The molecule has 2 heteroatoms. The lowest BCUT2D eigenvalue weighted by molar-refractivity contribution is -0.156. The van der Waals surface area contributed by atoms with Crippen LogP contribution in [-0.2, 0) is 9.53 Å². The lowest BCUT2D eigenvalue weighted by Crippen LogP contribution is -2.30. The standard InChI is InChI=1S/C32H64O2/c1-5-8-11-13-15-17-18-19-20-22-24-27-30-34-31(33)32(4,28-25-10-7-3)29-26-23-21-16-14-12-9-6-2/h5-30H2,1-4H3. The molecule has 34 heavy (non-hydrogen) atoms. The van der Waals surface area contributed by atoms with Crippen molar-refractivity contribution in [3.63, 3.8) is 0 Å². The van der Waals surface area contributed by atoms with E-state index in [9.17, 15) is 4.79 Å². The van der Waals surface area contributed by atoms with Gasteiger partial charge in [0.2, 0.25) is 0 Å². The average molecular weight is 481 g/mol. The number of carbonyl (C=O) groups is 1. The topological polar surface area (TPSA) is 26.3 Å².